The fourth-order valence-corrected chi connectivity index (χ4v) is 4.18. The summed E-state index contributed by atoms with van der Waals surface area (Å²) in [6, 6.07) is 11.4. The lowest BCUT2D eigenvalue weighted by molar-refractivity contribution is 0.1000. The van der Waals surface area contributed by atoms with E-state index in [-0.39, 0.29) is 11.4 Å². The molecule has 0 spiro atoms. The van der Waals surface area contributed by atoms with E-state index in [1.165, 1.54) is 17.4 Å². The normalized spacial score (nSPS) is 11.9. The highest BCUT2D eigenvalue weighted by molar-refractivity contribution is 7.89. The molecule has 2 aromatic carbocycles. The molecule has 0 aliphatic carbocycles. The van der Waals surface area contributed by atoms with Crippen LogP contribution in [0.3, 0.4) is 0 Å². The molecule has 0 aliphatic rings. The van der Waals surface area contributed by atoms with Crippen LogP contribution in [-0.2, 0) is 16.6 Å². The molecule has 0 saturated heterocycles. The van der Waals surface area contributed by atoms with Crippen molar-refractivity contribution in [3.05, 3.63) is 53.6 Å². The molecule has 1 amide bonds. The number of amides is 1. The number of carbonyl (C=O) groups is 1. The first-order valence-electron chi connectivity index (χ1n) is 6.96. The van der Waals surface area contributed by atoms with Crippen molar-refractivity contribution in [3.63, 3.8) is 0 Å². The zero-order chi connectivity index (χ0) is 17.3. The molecule has 2 N–H and O–H groups in total. The van der Waals surface area contributed by atoms with Gasteiger partial charge in [0, 0.05) is 19.2 Å². The van der Waals surface area contributed by atoms with Gasteiger partial charge in [-0.05, 0) is 29.8 Å². The summed E-state index contributed by atoms with van der Waals surface area (Å²) in [4.78, 5) is 11.2. The van der Waals surface area contributed by atoms with Crippen LogP contribution >= 0.6 is 11.7 Å². The Morgan fingerprint density at radius 2 is 1.88 bits per heavy atom. The maximum absolute atomic E-state index is 12.8. The van der Waals surface area contributed by atoms with Gasteiger partial charge in [0.05, 0.1) is 11.7 Å². The van der Waals surface area contributed by atoms with Crippen molar-refractivity contribution in [2.24, 2.45) is 5.73 Å². The van der Waals surface area contributed by atoms with E-state index in [1.807, 2.05) is 0 Å². The van der Waals surface area contributed by atoms with Crippen molar-refractivity contribution >= 4 is 38.7 Å². The average Bonchev–Trinajstić information content (AvgIpc) is 3.03. The Morgan fingerprint density at radius 3 is 2.54 bits per heavy atom. The van der Waals surface area contributed by atoms with E-state index >= 15 is 0 Å². The van der Waals surface area contributed by atoms with Gasteiger partial charge in [0.2, 0.25) is 15.9 Å². The number of primary amides is 1. The molecular weight excluding hydrogens is 348 g/mol. The van der Waals surface area contributed by atoms with Crippen LogP contribution in [0.4, 0.5) is 0 Å². The van der Waals surface area contributed by atoms with Crippen LogP contribution in [0.15, 0.2) is 47.4 Å². The first kappa shape index (κ1) is 16.5. The second-order valence-electron chi connectivity index (χ2n) is 5.21. The van der Waals surface area contributed by atoms with Crippen LogP contribution < -0.4 is 5.73 Å². The summed E-state index contributed by atoms with van der Waals surface area (Å²) in [5, 5.41) is 0. The van der Waals surface area contributed by atoms with E-state index in [2.05, 4.69) is 8.75 Å². The number of fused-ring (bicyclic) bond motifs is 1. The molecular formula is C15H14N4O3S2. The third-order valence-electron chi connectivity index (χ3n) is 3.58. The molecule has 0 aliphatic heterocycles. The third kappa shape index (κ3) is 3.01. The molecule has 1 aromatic heterocycles. The molecule has 0 radical (unpaired) electrons. The fraction of sp³-hybridized carbons (Fsp3) is 0.133. The van der Waals surface area contributed by atoms with Gasteiger partial charge in [-0.1, -0.05) is 18.2 Å². The van der Waals surface area contributed by atoms with Gasteiger partial charge >= 0.3 is 0 Å². The molecule has 1 heterocycles. The summed E-state index contributed by atoms with van der Waals surface area (Å²) in [6.07, 6.45) is 0. The van der Waals surface area contributed by atoms with Gasteiger partial charge in [0.15, 0.2) is 0 Å². The van der Waals surface area contributed by atoms with Crippen molar-refractivity contribution in [3.8, 4) is 0 Å². The van der Waals surface area contributed by atoms with Gasteiger partial charge in [0.25, 0.3) is 0 Å². The summed E-state index contributed by atoms with van der Waals surface area (Å²) < 4.78 is 35.0. The van der Waals surface area contributed by atoms with Crippen molar-refractivity contribution < 1.29 is 13.2 Å². The molecule has 3 rings (SSSR count). The lowest BCUT2D eigenvalue weighted by Gasteiger charge is -2.17. The third-order valence-corrected chi connectivity index (χ3v) is 5.96. The minimum absolute atomic E-state index is 0.130. The van der Waals surface area contributed by atoms with Gasteiger partial charge in [-0.15, -0.1) is 0 Å². The molecule has 0 atom stereocenters. The van der Waals surface area contributed by atoms with E-state index in [1.54, 1.807) is 36.4 Å². The van der Waals surface area contributed by atoms with E-state index in [0.29, 0.717) is 16.6 Å². The second-order valence-corrected chi connectivity index (χ2v) is 7.75. The predicted octanol–water partition coefficient (Wildman–Crippen LogP) is 1.61. The first-order chi connectivity index (χ1) is 11.4. The van der Waals surface area contributed by atoms with Gasteiger partial charge in [-0.25, -0.2) is 8.42 Å². The number of sulfonamides is 1. The standard InChI is InChI=1S/C15H14N4O3S2/c1-19(9-10-5-7-11(8-6-10)15(16)20)24(21,22)13-4-2-3-12-14(13)18-23-17-12/h2-8H,9H2,1H3,(H2,16,20). The molecule has 124 valence electrons. The SMILES string of the molecule is CN(Cc1ccc(C(N)=O)cc1)S(=O)(=O)c1cccc2nsnc12. The Balaban J connectivity index is 1.89. The quantitative estimate of drug-likeness (QED) is 0.742. The minimum Gasteiger partial charge on any atom is -0.366 e. The molecule has 0 bridgehead atoms. The number of hydrogen-bond acceptors (Lipinski definition) is 6. The number of rotatable bonds is 5. The van der Waals surface area contributed by atoms with Gasteiger partial charge < -0.3 is 5.73 Å². The molecule has 0 fully saturated rings. The predicted molar refractivity (Wildman–Crippen MR) is 91.0 cm³/mol. The van der Waals surface area contributed by atoms with Crippen LogP contribution in [-0.4, -0.2) is 34.4 Å². The van der Waals surface area contributed by atoms with E-state index in [0.717, 1.165) is 17.3 Å². The summed E-state index contributed by atoms with van der Waals surface area (Å²) in [5.74, 6) is -0.523. The molecule has 24 heavy (non-hydrogen) atoms. The van der Waals surface area contributed by atoms with Gasteiger partial charge in [0.1, 0.15) is 15.9 Å². The zero-order valence-corrected chi connectivity index (χ0v) is 14.3. The van der Waals surface area contributed by atoms with Crippen molar-refractivity contribution in [1.82, 2.24) is 13.1 Å². The Labute approximate surface area is 143 Å². The van der Waals surface area contributed by atoms with Crippen LogP contribution in [0.1, 0.15) is 15.9 Å². The maximum Gasteiger partial charge on any atom is 0.248 e. The van der Waals surface area contributed by atoms with E-state index < -0.39 is 15.9 Å². The minimum atomic E-state index is -3.71. The number of aromatic nitrogens is 2. The fourth-order valence-electron chi connectivity index (χ4n) is 2.27. The number of carbonyl (C=O) groups excluding carboxylic acids is 1. The highest BCUT2D eigenvalue weighted by Crippen LogP contribution is 2.24. The van der Waals surface area contributed by atoms with Crippen molar-refractivity contribution in [1.29, 1.82) is 0 Å². The zero-order valence-electron chi connectivity index (χ0n) is 12.7. The van der Waals surface area contributed by atoms with Gasteiger partial charge in [-0.3, -0.25) is 4.79 Å². The molecule has 0 saturated carbocycles. The van der Waals surface area contributed by atoms with Crippen LogP contribution in [0.2, 0.25) is 0 Å². The van der Waals surface area contributed by atoms with Crippen molar-refractivity contribution in [2.75, 3.05) is 7.05 Å². The Kier molecular flexibility index (Phi) is 4.31. The average molecular weight is 362 g/mol. The molecule has 7 nitrogen and oxygen atoms in total. The lowest BCUT2D eigenvalue weighted by atomic mass is 10.1. The molecule has 3 aromatic rings. The van der Waals surface area contributed by atoms with E-state index in [4.69, 9.17) is 5.73 Å². The Bertz CT molecular complexity index is 997. The second kappa shape index (κ2) is 6.27. The summed E-state index contributed by atoms with van der Waals surface area (Å²) in [7, 11) is -2.22. The Morgan fingerprint density at radius 1 is 1.17 bits per heavy atom. The van der Waals surface area contributed by atoms with Crippen LogP contribution in [0, 0.1) is 0 Å². The van der Waals surface area contributed by atoms with E-state index in [9.17, 15) is 13.2 Å². The summed E-state index contributed by atoms with van der Waals surface area (Å²) >= 11 is 0.976. The highest BCUT2D eigenvalue weighted by atomic mass is 32.2. The topological polar surface area (TPSA) is 106 Å². The number of benzene rings is 2. The van der Waals surface area contributed by atoms with Crippen molar-refractivity contribution in [2.45, 2.75) is 11.4 Å². The highest BCUT2D eigenvalue weighted by Gasteiger charge is 2.24. The lowest BCUT2D eigenvalue weighted by Crippen LogP contribution is -2.26. The smallest absolute Gasteiger partial charge is 0.248 e. The largest absolute Gasteiger partial charge is 0.366 e. The van der Waals surface area contributed by atoms with Gasteiger partial charge in [-0.2, -0.15) is 13.1 Å². The van der Waals surface area contributed by atoms with Crippen LogP contribution in [0.25, 0.3) is 11.0 Å². The molecule has 0 unspecified atom stereocenters. The first-order valence-corrected chi connectivity index (χ1v) is 9.13. The monoisotopic (exact) mass is 362 g/mol. The van der Waals surface area contributed by atoms with Crippen LogP contribution in [0.5, 0.6) is 0 Å². The summed E-state index contributed by atoms with van der Waals surface area (Å²) in [6.45, 7) is 0.162. The maximum atomic E-state index is 12.8. The Hall–Kier alpha value is -2.36. The molecule has 9 heteroatoms. The summed E-state index contributed by atoms with van der Waals surface area (Å²) in [5.41, 5.74) is 7.25. The number of nitrogens with zero attached hydrogens (tertiary/aromatic N) is 3. The number of nitrogens with two attached hydrogens (primary N) is 1. The number of hydrogen-bond donors (Lipinski definition) is 1.